The molecule has 4 rings (SSSR count). The van der Waals surface area contributed by atoms with Gasteiger partial charge in [0.1, 0.15) is 0 Å². The maximum atomic E-state index is 13.8. The molecule has 1 amide bonds. The smallest absolute Gasteiger partial charge is 0.308 e. The number of likely N-dealkylation sites (tertiary alicyclic amines) is 1. The largest absolute Gasteiger partial charge is 0.493 e. The summed E-state index contributed by atoms with van der Waals surface area (Å²) in [5, 5.41) is 10.6. The first-order chi connectivity index (χ1) is 20.3. The highest BCUT2D eigenvalue weighted by molar-refractivity contribution is 7.89. The van der Waals surface area contributed by atoms with E-state index in [0.717, 1.165) is 35.9 Å². The fourth-order valence-electron chi connectivity index (χ4n) is 6.49. The molecule has 1 N–H and O–H groups in total. The van der Waals surface area contributed by atoms with E-state index in [-0.39, 0.29) is 31.5 Å². The fourth-order valence-corrected chi connectivity index (χ4v) is 8.04. The summed E-state index contributed by atoms with van der Waals surface area (Å²) >= 11 is 0. The molecule has 1 aromatic rings. The number of benzene rings is 1. The molecule has 242 valence electrons. The van der Waals surface area contributed by atoms with Crippen LogP contribution in [0.1, 0.15) is 50.5 Å². The molecule has 0 aromatic heterocycles. The molecule has 43 heavy (non-hydrogen) atoms. The van der Waals surface area contributed by atoms with Gasteiger partial charge in [0.15, 0.2) is 11.5 Å². The van der Waals surface area contributed by atoms with Crippen molar-refractivity contribution < 1.29 is 41.8 Å². The number of sulfonamides is 1. The Morgan fingerprint density at radius 3 is 2.53 bits per heavy atom. The van der Waals surface area contributed by atoms with Crippen LogP contribution in [0.5, 0.6) is 17.2 Å². The van der Waals surface area contributed by atoms with E-state index in [1.165, 1.54) is 11.4 Å². The zero-order chi connectivity index (χ0) is 31.4. The molecule has 2 saturated heterocycles. The summed E-state index contributed by atoms with van der Waals surface area (Å²) in [5.41, 5.74) is 0.730. The number of rotatable bonds is 15. The van der Waals surface area contributed by atoms with Crippen LogP contribution in [0.4, 0.5) is 0 Å². The van der Waals surface area contributed by atoms with Gasteiger partial charge in [-0.3, -0.25) is 14.5 Å². The lowest BCUT2D eigenvalue weighted by Gasteiger charge is -2.31. The Kier molecular flexibility index (Phi) is 10.8. The lowest BCUT2D eigenvalue weighted by Crippen LogP contribution is -2.46. The Hall–Kier alpha value is -2.61. The first-order valence-corrected chi connectivity index (χ1v) is 17.0. The molecule has 3 atom stereocenters. The number of hydrogen-bond acceptors (Lipinski definition) is 8. The minimum atomic E-state index is -3.34. The van der Waals surface area contributed by atoms with Crippen LogP contribution in [0.25, 0.3) is 0 Å². The minimum Gasteiger partial charge on any atom is -0.493 e. The topological polar surface area (TPSA) is 126 Å². The highest BCUT2D eigenvalue weighted by Crippen LogP contribution is 2.47. The predicted octanol–water partition coefficient (Wildman–Crippen LogP) is 2.04. The van der Waals surface area contributed by atoms with Gasteiger partial charge in [0, 0.05) is 51.1 Å². The van der Waals surface area contributed by atoms with E-state index >= 15 is 0 Å². The number of carbonyl (C=O) groups excluding carboxylic acids is 1. The van der Waals surface area contributed by atoms with Gasteiger partial charge in [-0.15, -0.1) is 0 Å². The van der Waals surface area contributed by atoms with Crippen molar-refractivity contribution in [2.45, 2.75) is 51.0 Å². The van der Waals surface area contributed by atoms with Gasteiger partial charge >= 0.3 is 5.97 Å². The van der Waals surface area contributed by atoms with Crippen LogP contribution in [0.2, 0.25) is 0 Å². The maximum Gasteiger partial charge on any atom is 0.308 e. The molecule has 3 aliphatic rings. The van der Waals surface area contributed by atoms with Gasteiger partial charge in [0.05, 0.1) is 53.0 Å². The van der Waals surface area contributed by atoms with Gasteiger partial charge in [0.2, 0.25) is 28.5 Å². The molecule has 2 fully saturated rings. The van der Waals surface area contributed by atoms with Crippen LogP contribution in [0.3, 0.4) is 0 Å². The first kappa shape index (κ1) is 33.3. The molecule has 0 saturated carbocycles. The summed E-state index contributed by atoms with van der Waals surface area (Å²) in [6.45, 7) is 5.45. The third-order valence-electron chi connectivity index (χ3n) is 8.75. The van der Waals surface area contributed by atoms with Gasteiger partial charge < -0.3 is 28.7 Å². The molecule has 0 bridgehead atoms. The molecule has 13 heteroatoms. The summed E-state index contributed by atoms with van der Waals surface area (Å²) in [5.74, 6) is -0.761. The first-order valence-electron chi connectivity index (χ1n) is 15.3. The summed E-state index contributed by atoms with van der Waals surface area (Å²) in [6.07, 6.45) is 3.61. The lowest BCUT2D eigenvalue weighted by atomic mass is 9.84. The minimum absolute atomic E-state index is 0.0262. The number of amides is 1. The van der Waals surface area contributed by atoms with E-state index in [1.54, 1.807) is 12.1 Å². The quantitative estimate of drug-likeness (QED) is 0.292. The molecule has 3 aliphatic heterocycles. The van der Waals surface area contributed by atoms with Crippen LogP contribution in [-0.4, -0.2) is 137 Å². The summed E-state index contributed by atoms with van der Waals surface area (Å²) in [4.78, 5) is 30.6. The van der Waals surface area contributed by atoms with Crippen molar-refractivity contribution in [1.29, 1.82) is 0 Å². The summed E-state index contributed by atoms with van der Waals surface area (Å²) in [7, 11) is 4.57. The van der Waals surface area contributed by atoms with Crippen LogP contribution in [0, 0.1) is 5.92 Å². The second-order valence-corrected chi connectivity index (χ2v) is 15.0. The Morgan fingerprint density at radius 2 is 1.91 bits per heavy atom. The third kappa shape index (κ3) is 8.11. The maximum absolute atomic E-state index is 13.8. The standard InChI is InChI=1S/C30H48N4O8S/c1-6-7-11-31(12-8-15-34(2,3)4)27(35)20-32-19-23(22-17-25(40-5)29-26(18-22)41-21-42-29)28(30(36)37)24(32)10-14-33-13-9-16-43(33,38)39/h17-18,23-24,28H,6-16,19-21H2,1-5H3/p+1/t23-,24+,28-/m1/s1. The Balaban J connectivity index is 1.61. The van der Waals surface area contributed by atoms with Crippen molar-refractivity contribution >= 4 is 21.9 Å². The second kappa shape index (κ2) is 14.0. The van der Waals surface area contributed by atoms with Crippen LogP contribution >= 0.6 is 0 Å². The molecular formula is C30H49N4O8S+. The van der Waals surface area contributed by atoms with Gasteiger partial charge in [-0.25, -0.2) is 12.7 Å². The highest BCUT2D eigenvalue weighted by Gasteiger charge is 2.48. The van der Waals surface area contributed by atoms with E-state index in [1.807, 2.05) is 9.80 Å². The molecule has 1 aromatic carbocycles. The molecule has 0 radical (unpaired) electrons. The van der Waals surface area contributed by atoms with E-state index < -0.39 is 33.9 Å². The Bertz CT molecular complexity index is 1250. The fraction of sp³-hybridized carbons (Fsp3) is 0.733. The number of carbonyl (C=O) groups is 2. The van der Waals surface area contributed by atoms with E-state index in [2.05, 4.69) is 28.1 Å². The number of fused-ring (bicyclic) bond motifs is 1. The summed E-state index contributed by atoms with van der Waals surface area (Å²) in [6, 6.07) is 3.06. The zero-order valence-electron chi connectivity index (χ0n) is 26.3. The van der Waals surface area contributed by atoms with Crippen molar-refractivity contribution in [2.24, 2.45) is 5.92 Å². The lowest BCUT2D eigenvalue weighted by molar-refractivity contribution is -0.870. The van der Waals surface area contributed by atoms with Crippen LogP contribution in [-0.2, 0) is 19.6 Å². The number of ether oxygens (including phenoxy) is 3. The second-order valence-electron chi connectivity index (χ2n) is 12.9. The number of aliphatic carboxylic acids is 1. The Labute approximate surface area is 256 Å². The highest BCUT2D eigenvalue weighted by atomic mass is 32.2. The van der Waals surface area contributed by atoms with Crippen molar-refractivity contribution in [2.75, 3.05) is 86.6 Å². The SMILES string of the molecule is CCCCN(CCC[N+](C)(C)C)C(=O)CN1C[C@H](c2cc(OC)c3c(c2)OCO3)[C@@H](C(=O)O)[C@@H]1CCN1CCCS1(=O)=O. The number of methoxy groups -OCH3 is 1. The van der Waals surface area contributed by atoms with Crippen molar-refractivity contribution in [3.05, 3.63) is 17.7 Å². The average Bonchev–Trinajstić information content (AvgIpc) is 3.64. The van der Waals surface area contributed by atoms with E-state index in [4.69, 9.17) is 14.2 Å². The number of carboxylic acid groups (broad SMARTS) is 1. The third-order valence-corrected chi connectivity index (χ3v) is 10.7. The van der Waals surface area contributed by atoms with Gasteiger partial charge in [-0.2, -0.15) is 0 Å². The summed E-state index contributed by atoms with van der Waals surface area (Å²) < 4.78 is 44.1. The van der Waals surface area contributed by atoms with Crippen LogP contribution in [0.15, 0.2) is 12.1 Å². The molecule has 3 heterocycles. The number of carboxylic acids is 1. The van der Waals surface area contributed by atoms with Crippen molar-refractivity contribution in [3.8, 4) is 17.2 Å². The van der Waals surface area contributed by atoms with Crippen molar-refractivity contribution in [3.63, 3.8) is 0 Å². The molecule has 0 spiro atoms. The monoisotopic (exact) mass is 625 g/mol. The van der Waals surface area contributed by atoms with E-state index in [9.17, 15) is 23.1 Å². The predicted molar refractivity (Wildman–Crippen MR) is 162 cm³/mol. The molecule has 0 aliphatic carbocycles. The molecule has 12 nitrogen and oxygen atoms in total. The number of hydrogen-bond donors (Lipinski definition) is 1. The number of unbranched alkanes of at least 4 members (excludes halogenated alkanes) is 1. The molecule has 0 unspecified atom stereocenters. The van der Waals surface area contributed by atoms with Gasteiger partial charge in [-0.1, -0.05) is 13.3 Å². The van der Waals surface area contributed by atoms with Crippen LogP contribution < -0.4 is 14.2 Å². The molecular weight excluding hydrogens is 576 g/mol. The van der Waals surface area contributed by atoms with Crippen molar-refractivity contribution in [1.82, 2.24) is 14.1 Å². The van der Waals surface area contributed by atoms with E-state index in [0.29, 0.717) is 56.3 Å². The number of nitrogens with zero attached hydrogens (tertiary/aromatic N) is 4. The number of quaternary nitrogens is 1. The van der Waals surface area contributed by atoms with Gasteiger partial charge in [0.25, 0.3) is 0 Å². The Morgan fingerprint density at radius 1 is 1.16 bits per heavy atom. The zero-order valence-corrected chi connectivity index (χ0v) is 27.1. The normalized spacial score (nSPS) is 23.5. The van der Waals surface area contributed by atoms with Gasteiger partial charge in [-0.05, 0) is 37.0 Å². The average molecular weight is 626 g/mol.